The van der Waals surface area contributed by atoms with Crippen LogP contribution in [0.2, 0.25) is 0 Å². The van der Waals surface area contributed by atoms with E-state index in [0.717, 1.165) is 18.8 Å². The van der Waals surface area contributed by atoms with E-state index < -0.39 is 0 Å². The molecular formula is C17H29N3O. The number of anilines is 1. The Morgan fingerprint density at radius 1 is 1.19 bits per heavy atom. The fourth-order valence-corrected chi connectivity index (χ4v) is 2.20. The second-order valence-corrected chi connectivity index (χ2v) is 6.23. The van der Waals surface area contributed by atoms with Gasteiger partial charge in [-0.25, -0.2) is 0 Å². The molecule has 1 amide bonds. The minimum absolute atomic E-state index is 0.0532. The first-order valence-corrected chi connectivity index (χ1v) is 7.69. The maximum atomic E-state index is 11.9. The van der Waals surface area contributed by atoms with Crippen LogP contribution in [0.3, 0.4) is 0 Å². The van der Waals surface area contributed by atoms with Crippen molar-refractivity contribution in [2.45, 2.75) is 40.3 Å². The summed E-state index contributed by atoms with van der Waals surface area (Å²) in [6.45, 7) is 10.5. The fraction of sp³-hybridized carbons (Fsp3) is 0.588. The predicted octanol–water partition coefficient (Wildman–Crippen LogP) is 2.39. The molecule has 0 bridgehead atoms. The topological polar surface area (TPSA) is 44.4 Å². The number of benzene rings is 1. The number of likely N-dealkylation sites (N-methyl/N-ethyl adjacent to an activating group) is 1. The third-order valence-electron chi connectivity index (χ3n) is 3.10. The van der Waals surface area contributed by atoms with E-state index in [1.165, 1.54) is 5.56 Å². The minimum atomic E-state index is 0.0532. The van der Waals surface area contributed by atoms with Gasteiger partial charge in [0.15, 0.2) is 0 Å². The van der Waals surface area contributed by atoms with Crippen molar-refractivity contribution in [3.05, 3.63) is 29.8 Å². The zero-order valence-corrected chi connectivity index (χ0v) is 13.9. The molecule has 0 aromatic heterocycles. The van der Waals surface area contributed by atoms with Crippen LogP contribution in [0.5, 0.6) is 0 Å². The Morgan fingerprint density at radius 3 is 2.48 bits per heavy atom. The number of para-hydroxylation sites is 1. The van der Waals surface area contributed by atoms with Gasteiger partial charge in [0, 0.05) is 25.3 Å². The highest BCUT2D eigenvalue weighted by molar-refractivity contribution is 5.81. The molecule has 1 rings (SSSR count). The van der Waals surface area contributed by atoms with E-state index in [0.29, 0.717) is 12.5 Å². The minimum Gasteiger partial charge on any atom is -0.365 e. The average Bonchev–Trinajstić information content (AvgIpc) is 2.37. The van der Waals surface area contributed by atoms with Gasteiger partial charge in [0.2, 0.25) is 5.91 Å². The van der Waals surface area contributed by atoms with Crippen molar-refractivity contribution in [3.8, 4) is 0 Å². The van der Waals surface area contributed by atoms with E-state index >= 15 is 0 Å². The number of amides is 1. The van der Waals surface area contributed by atoms with Crippen molar-refractivity contribution in [2.24, 2.45) is 5.92 Å². The highest BCUT2D eigenvalue weighted by Crippen LogP contribution is 2.18. The molecule has 21 heavy (non-hydrogen) atoms. The van der Waals surface area contributed by atoms with Crippen LogP contribution in [-0.2, 0) is 11.3 Å². The second-order valence-electron chi connectivity index (χ2n) is 6.23. The number of carbonyl (C=O) groups excluding carboxylic acids is 1. The Morgan fingerprint density at radius 2 is 1.86 bits per heavy atom. The summed E-state index contributed by atoms with van der Waals surface area (Å²) in [5.41, 5.74) is 2.32. The maximum Gasteiger partial charge on any atom is 0.239 e. The van der Waals surface area contributed by atoms with Crippen molar-refractivity contribution in [1.82, 2.24) is 10.6 Å². The van der Waals surface area contributed by atoms with E-state index in [4.69, 9.17) is 0 Å². The first-order valence-electron chi connectivity index (χ1n) is 7.69. The molecule has 0 aliphatic carbocycles. The van der Waals surface area contributed by atoms with Crippen LogP contribution in [-0.4, -0.2) is 32.1 Å². The quantitative estimate of drug-likeness (QED) is 0.773. The summed E-state index contributed by atoms with van der Waals surface area (Å²) in [5.74, 6) is 0.684. The Labute approximate surface area is 128 Å². The zero-order valence-electron chi connectivity index (χ0n) is 13.9. The number of nitrogens with one attached hydrogen (secondary N) is 2. The number of hydrogen-bond donors (Lipinski definition) is 2. The molecule has 4 heteroatoms. The first-order chi connectivity index (χ1) is 9.90. The number of nitrogens with zero attached hydrogens (tertiary/aromatic N) is 1. The van der Waals surface area contributed by atoms with Gasteiger partial charge in [0.1, 0.15) is 0 Å². The lowest BCUT2D eigenvalue weighted by molar-refractivity contribution is -0.120. The fourth-order valence-electron chi connectivity index (χ4n) is 2.20. The number of carbonyl (C=O) groups is 1. The third-order valence-corrected chi connectivity index (χ3v) is 3.10. The van der Waals surface area contributed by atoms with Crippen molar-refractivity contribution in [1.29, 1.82) is 0 Å². The normalized spacial score (nSPS) is 11.0. The summed E-state index contributed by atoms with van der Waals surface area (Å²) in [7, 11) is 1.96. The SMILES string of the molecule is CC(C)CNCc1ccccc1N(C)CC(=O)NC(C)C. The van der Waals surface area contributed by atoms with Gasteiger partial charge in [-0.3, -0.25) is 4.79 Å². The van der Waals surface area contributed by atoms with Crippen LogP contribution in [0, 0.1) is 5.92 Å². The lowest BCUT2D eigenvalue weighted by Crippen LogP contribution is -2.39. The molecule has 118 valence electrons. The number of rotatable bonds is 8. The van der Waals surface area contributed by atoms with Gasteiger partial charge in [-0.2, -0.15) is 0 Å². The van der Waals surface area contributed by atoms with Gasteiger partial charge >= 0.3 is 0 Å². The van der Waals surface area contributed by atoms with Crippen molar-refractivity contribution in [2.75, 3.05) is 25.0 Å². The second kappa shape index (κ2) is 8.67. The summed E-state index contributed by atoms with van der Waals surface area (Å²) < 4.78 is 0. The lowest BCUT2D eigenvalue weighted by Gasteiger charge is -2.23. The van der Waals surface area contributed by atoms with Crippen molar-refractivity contribution in [3.63, 3.8) is 0 Å². The highest BCUT2D eigenvalue weighted by Gasteiger charge is 2.11. The van der Waals surface area contributed by atoms with Crippen molar-refractivity contribution >= 4 is 11.6 Å². The molecule has 0 saturated heterocycles. The van der Waals surface area contributed by atoms with Crippen LogP contribution in [0.25, 0.3) is 0 Å². The van der Waals surface area contributed by atoms with Gasteiger partial charge < -0.3 is 15.5 Å². The van der Waals surface area contributed by atoms with Crippen LogP contribution < -0.4 is 15.5 Å². The van der Waals surface area contributed by atoms with Gasteiger partial charge in [-0.05, 0) is 37.9 Å². The number of hydrogen-bond acceptors (Lipinski definition) is 3. The van der Waals surface area contributed by atoms with E-state index in [2.05, 4.69) is 36.6 Å². The van der Waals surface area contributed by atoms with E-state index in [-0.39, 0.29) is 11.9 Å². The molecule has 0 atom stereocenters. The van der Waals surface area contributed by atoms with Gasteiger partial charge in [0.05, 0.1) is 6.54 Å². The van der Waals surface area contributed by atoms with Crippen LogP contribution in [0.1, 0.15) is 33.3 Å². The summed E-state index contributed by atoms with van der Waals surface area (Å²) in [6.07, 6.45) is 0. The van der Waals surface area contributed by atoms with Gasteiger partial charge in [-0.15, -0.1) is 0 Å². The lowest BCUT2D eigenvalue weighted by atomic mass is 10.1. The highest BCUT2D eigenvalue weighted by atomic mass is 16.2. The summed E-state index contributed by atoms with van der Waals surface area (Å²) in [5, 5.41) is 6.38. The van der Waals surface area contributed by atoms with E-state index in [1.807, 2.05) is 37.9 Å². The summed E-state index contributed by atoms with van der Waals surface area (Å²) in [4.78, 5) is 13.9. The Hall–Kier alpha value is -1.55. The molecular weight excluding hydrogens is 262 g/mol. The summed E-state index contributed by atoms with van der Waals surface area (Å²) >= 11 is 0. The maximum absolute atomic E-state index is 11.9. The van der Waals surface area contributed by atoms with Crippen LogP contribution >= 0.6 is 0 Å². The largest absolute Gasteiger partial charge is 0.365 e. The van der Waals surface area contributed by atoms with E-state index in [1.54, 1.807) is 0 Å². The molecule has 0 saturated carbocycles. The molecule has 0 spiro atoms. The summed E-state index contributed by atoms with van der Waals surface area (Å²) in [6, 6.07) is 8.40. The zero-order chi connectivity index (χ0) is 15.8. The Kier molecular flexibility index (Phi) is 7.23. The van der Waals surface area contributed by atoms with Gasteiger partial charge in [0.25, 0.3) is 0 Å². The van der Waals surface area contributed by atoms with Crippen LogP contribution in [0.15, 0.2) is 24.3 Å². The molecule has 1 aromatic carbocycles. The molecule has 4 nitrogen and oxygen atoms in total. The van der Waals surface area contributed by atoms with Gasteiger partial charge in [-0.1, -0.05) is 32.0 Å². The Balaban J connectivity index is 2.66. The average molecular weight is 291 g/mol. The monoisotopic (exact) mass is 291 g/mol. The third kappa shape index (κ3) is 6.63. The molecule has 0 heterocycles. The van der Waals surface area contributed by atoms with E-state index in [9.17, 15) is 4.79 Å². The first kappa shape index (κ1) is 17.5. The molecule has 0 unspecified atom stereocenters. The molecule has 2 N–H and O–H groups in total. The molecule has 0 radical (unpaired) electrons. The predicted molar refractivity (Wildman–Crippen MR) is 89.5 cm³/mol. The molecule has 0 aliphatic rings. The molecule has 0 aliphatic heterocycles. The smallest absolute Gasteiger partial charge is 0.239 e. The standard InChI is InChI=1S/C17H29N3O/c1-13(2)10-18-11-15-8-6-7-9-16(15)20(5)12-17(21)19-14(3)4/h6-9,13-14,18H,10-12H2,1-5H3,(H,19,21). The molecule has 1 aromatic rings. The van der Waals surface area contributed by atoms with Crippen LogP contribution in [0.4, 0.5) is 5.69 Å². The molecule has 0 fully saturated rings. The Bertz CT molecular complexity index is 443. The van der Waals surface area contributed by atoms with Crippen molar-refractivity contribution < 1.29 is 4.79 Å².